The SMILES string of the molecule is Cc1ccc2sc3ccc(-c4ccc5ccc6cc(C(C)(C)C)cc7ccc4c5c67)cc3c2c1. The van der Waals surface area contributed by atoms with Crippen LogP contribution in [0.1, 0.15) is 31.9 Å². The normalized spacial score (nSPS) is 12.7. The lowest BCUT2D eigenvalue weighted by Gasteiger charge is -2.22. The van der Waals surface area contributed by atoms with Crippen molar-refractivity contribution in [2.45, 2.75) is 33.1 Å². The van der Waals surface area contributed by atoms with Crippen molar-refractivity contribution in [2.24, 2.45) is 0 Å². The van der Waals surface area contributed by atoms with Crippen LogP contribution in [0, 0.1) is 6.92 Å². The van der Waals surface area contributed by atoms with Crippen LogP contribution in [0.3, 0.4) is 0 Å². The van der Waals surface area contributed by atoms with Crippen molar-refractivity contribution in [3.8, 4) is 11.1 Å². The number of rotatable bonds is 1. The minimum atomic E-state index is 0.132. The second-order valence-corrected chi connectivity index (χ2v) is 11.8. The first-order valence-corrected chi connectivity index (χ1v) is 12.8. The number of fused-ring (bicyclic) bond motifs is 3. The van der Waals surface area contributed by atoms with Crippen LogP contribution in [-0.4, -0.2) is 0 Å². The molecule has 0 atom stereocenters. The van der Waals surface area contributed by atoms with Crippen molar-refractivity contribution in [3.05, 3.63) is 96.1 Å². The van der Waals surface area contributed by atoms with E-state index in [9.17, 15) is 0 Å². The number of hydrogen-bond acceptors (Lipinski definition) is 1. The molecule has 0 aliphatic carbocycles. The summed E-state index contributed by atoms with van der Waals surface area (Å²) in [7, 11) is 0. The van der Waals surface area contributed by atoms with Crippen LogP contribution in [0.25, 0.3) is 63.6 Å². The molecule has 0 aliphatic heterocycles. The lowest BCUT2D eigenvalue weighted by Crippen LogP contribution is -2.10. The van der Waals surface area contributed by atoms with Gasteiger partial charge in [-0.3, -0.25) is 0 Å². The molecule has 0 amide bonds. The molecule has 0 N–H and O–H groups in total. The van der Waals surface area contributed by atoms with Crippen molar-refractivity contribution < 1.29 is 0 Å². The minimum Gasteiger partial charge on any atom is -0.135 e. The smallest absolute Gasteiger partial charge is 0.0355 e. The van der Waals surface area contributed by atoms with Gasteiger partial charge in [0.1, 0.15) is 0 Å². The fourth-order valence-corrected chi connectivity index (χ4v) is 6.63. The summed E-state index contributed by atoms with van der Waals surface area (Å²) in [6, 6.07) is 32.4. The van der Waals surface area contributed by atoms with Crippen molar-refractivity contribution in [2.75, 3.05) is 0 Å². The molecule has 1 heteroatoms. The molecule has 0 radical (unpaired) electrons. The standard InChI is InChI=1S/C33H26S/c1-19-5-13-29-27(15-19)28-18-21(10-14-30(28)34-29)25-11-8-20-6-7-22-16-24(33(2,3)4)17-23-9-12-26(25)32(20)31(22)23/h5-18H,1-4H3. The third kappa shape index (κ3) is 2.83. The molecule has 7 rings (SSSR count). The zero-order chi connectivity index (χ0) is 23.2. The molecular formula is C33H26S. The Labute approximate surface area is 203 Å². The Balaban J connectivity index is 1.53. The molecule has 0 saturated carbocycles. The van der Waals surface area contributed by atoms with E-state index in [1.165, 1.54) is 74.7 Å². The summed E-state index contributed by atoms with van der Waals surface area (Å²) in [5, 5.41) is 10.9. The summed E-state index contributed by atoms with van der Waals surface area (Å²) in [4.78, 5) is 0. The quantitative estimate of drug-likeness (QED) is 0.216. The molecule has 1 aromatic heterocycles. The number of aryl methyl sites for hydroxylation is 1. The Bertz CT molecular complexity index is 1870. The van der Waals surface area contributed by atoms with Gasteiger partial charge in [-0.25, -0.2) is 0 Å². The molecule has 0 aliphatic rings. The second-order valence-electron chi connectivity index (χ2n) is 10.8. The Morgan fingerprint density at radius 2 is 1.21 bits per heavy atom. The number of hydrogen-bond donors (Lipinski definition) is 0. The molecular weight excluding hydrogens is 428 g/mol. The molecule has 7 aromatic rings. The Kier molecular flexibility index (Phi) is 4.00. The monoisotopic (exact) mass is 454 g/mol. The van der Waals surface area contributed by atoms with E-state index < -0.39 is 0 Å². The number of benzene rings is 6. The Morgan fingerprint density at radius 1 is 0.559 bits per heavy atom. The second kappa shape index (κ2) is 6.81. The van der Waals surface area contributed by atoms with E-state index in [0.717, 1.165) is 0 Å². The topological polar surface area (TPSA) is 0 Å². The van der Waals surface area contributed by atoms with Gasteiger partial charge in [0, 0.05) is 20.2 Å². The molecule has 164 valence electrons. The fourth-order valence-electron chi connectivity index (χ4n) is 5.56. The van der Waals surface area contributed by atoms with Crippen LogP contribution in [0.5, 0.6) is 0 Å². The third-order valence-corrected chi connectivity index (χ3v) is 8.55. The van der Waals surface area contributed by atoms with E-state index in [-0.39, 0.29) is 5.41 Å². The van der Waals surface area contributed by atoms with E-state index in [2.05, 4.69) is 113 Å². The summed E-state index contributed by atoms with van der Waals surface area (Å²) in [5.74, 6) is 0. The van der Waals surface area contributed by atoms with Crippen LogP contribution in [0.2, 0.25) is 0 Å². The Hall–Kier alpha value is -3.42. The van der Waals surface area contributed by atoms with Crippen molar-refractivity contribution >= 4 is 63.8 Å². The van der Waals surface area contributed by atoms with Crippen LogP contribution < -0.4 is 0 Å². The van der Waals surface area contributed by atoms with Gasteiger partial charge in [-0.15, -0.1) is 11.3 Å². The molecule has 0 nitrogen and oxygen atoms in total. The van der Waals surface area contributed by atoms with Crippen LogP contribution >= 0.6 is 11.3 Å². The molecule has 0 spiro atoms. The number of thiophene rings is 1. The minimum absolute atomic E-state index is 0.132. The lowest BCUT2D eigenvalue weighted by atomic mass is 9.83. The van der Waals surface area contributed by atoms with Crippen LogP contribution in [0.15, 0.2) is 84.9 Å². The Morgan fingerprint density at radius 3 is 1.97 bits per heavy atom. The molecule has 0 bridgehead atoms. The highest BCUT2D eigenvalue weighted by atomic mass is 32.1. The molecule has 34 heavy (non-hydrogen) atoms. The molecule has 0 fully saturated rings. The van der Waals surface area contributed by atoms with Crippen LogP contribution in [0.4, 0.5) is 0 Å². The fraction of sp³-hybridized carbons (Fsp3) is 0.152. The van der Waals surface area contributed by atoms with Gasteiger partial charge in [0.2, 0.25) is 0 Å². The predicted octanol–water partition coefficient (Wildman–Crippen LogP) is 10.2. The summed E-state index contributed by atoms with van der Waals surface area (Å²) in [6.07, 6.45) is 0. The first-order chi connectivity index (χ1) is 16.4. The van der Waals surface area contributed by atoms with Gasteiger partial charge < -0.3 is 0 Å². The van der Waals surface area contributed by atoms with Crippen LogP contribution in [-0.2, 0) is 5.41 Å². The van der Waals surface area contributed by atoms with E-state index >= 15 is 0 Å². The van der Waals surface area contributed by atoms with Gasteiger partial charge in [-0.1, -0.05) is 87.0 Å². The van der Waals surface area contributed by atoms with E-state index in [1.807, 2.05) is 11.3 Å². The van der Waals surface area contributed by atoms with Gasteiger partial charge in [0.05, 0.1) is 0 Å². The van der Waals surface area contributed by atoms with Crippen molar-refractivity contribution in [3.63, 3.8) is 0 Å². The van der Waals surface area contributed by atoms with Gasteiger partial charge >= 0.3 is 0 Å². The lowest BCUT2D eigenvalue weighted by molar-refractivity contribution is 0.591. The van der Waals surface area contributed by atoms with Crippen molar-refractivity contribution in [1.82, 2.24) is 0 Å². The summed E-state index contributed by atoms with van der Waals surface area (Å²) in [6.45, 7) is 9.07. The zero-order valence-corrected chi connectivity index (χ0v) is 20.8. The van der Waals surface area contributed by atoms with Crippen molar-refractivity contribution in [1.29, 1.82) is 0 Å². The highest BCUT2D eigenvalue weighted by molar-refractivity contribution is 7.25. The van der Waals surface area contributed by atoms with E-state index in [0.29, 0.717) is 0 Å². The van der Waals surface area contributed by atoms with E-state index in [1.54, 1.807) is 0 Å². The average molecular weight is 455 g/mol. The summed E-state index contributed by atoms with van der Waals surface area (Å²) in [5.41, 5.74) is 5.45. The molecule has 0 unspecified atom stereocenters. The van der Waals surface area contributed by atoms with Gasteiger partial charge in [0.15, 0.2) is 0 Å². The first kappa shape index (κ1) is 20.0. The average Bonchev–Trinajstić information content (AvgIpc) is 3.18. The first-order valence-electron chi connectivity index (χ1n) is 12.0. The van der Waals surface area contributed by atoms with Gasteiger partial charge in [-0.2, -0.15) is 0 Å². The maximum atomic E-state index is 2.40. The summed E-state index contributed by atoms with van der Waals surface area (Å²) >= 11 is 1.89. The summed E-state index contributed by atoms with van der Waals surface area (Å²) < 4.78 is 2.72. The van der Waals surface area contributed by atoms with Gasteiger partial charge in [0.25, 0.3) is 0 Å². The largest absolute Gasteiger partial charge is 0.135 e. The molecule has 0 saturated heterocycles. The predicted molar refractivity (Wildman–Crippen MR) is 152 cm³/mol. The third-order valence-electron chi connectivity index (χ3n) is 7.40. The highest BCUT2D eigenvalue weighted by Gasteiger charge is 2.18. The zero-order valence-electron chi connectivity index (χ0n) is 20.0. The maximum Gasteiger partial charge on any atom is 0.0355 e. The van der Waals surface area contributed by atoms with E-state index in [4.69, 9.17) is 0 Å². The highest BCUT2D eigenvalue weighted by Crippen LogP contribution is 2.42. The molecule has 1 heterocycles. The maximum absolute atomic E-state index is 2.40. The molecule has 6 aromatic carbocycles. The van der Waals surface area contributed by atoms with Gasteiger partial charge in [-0.05, 0) is 85.6 Å².